The number of anilines is 1. The third-order valence-electron chi connectivity index (χ3n) is 5.74. The molecule has 0 unspecified atom stereocenters. The number of hydrogen-bond acceptors (Lipinski definition) is 6. The van der Waals surface area contributed by atoms with Crippen molar-refractivity contribution in [3.8, 4) is 11.5 Å². The maximum atomic E-state index is 13.1. The molecular formula is C21H23N3O5. The Hall–Kier alpha value is -3.29. The van der Waals surface area contributed by atoms with Gasteiger partial charge in [0.25, 0.3) is 5.56 Å². The third-order valence-corrected chi connectivity index (χ3v) is 5.74. The van der Waals surface area contributed by atoms with Gasteiger partial charge in [0.2, 0.25) is 0 Å². The Kier molecular flexibility index (Phi) is 4.56. The monoisotopic (exact) mass is 397 g/mol. The zero-order valence-corrected chi connectivity index (χ0v) is 16.9. The second-order valence-corrected chi connectivity index (χ2v) is 7.31. The second-order valence-electron chi connectivity index (χ2n) is 7.31. The van der Waals surface area contributed by atoms with Crippen molar-refractivity contribution < 1.29 is 14.3 Å². The van der Waals surface area contributed by atoms with Crippen LogP contribution in [-0.2, 0) is 18.9 Å². The molecule has 29 heavy (non-hydrogen) atoms. The molecule has 2 aliphatic rings. The Balaban J connectivity index is 2.06. The number of fused-ring (bicyclic) bond motifs is 1. The number of rotatable bonds is 3. The van der Waals surface area contributed by atoms with Crippen LogP contribution >= 0.6 is 0 Å². The molecule has 1 atom stereocenters. The molecule has 1 N–H and O–H groups in total. The minimum atomic E-state index is -0.584. The topological polar surface area (TPSA) is 91.6 Å². The quantitative estimate of drug-likeness (QED) is 0.847. The summed E-state index contributed by atoms with van der Waals surface area (Å²) in [4.78, 5) is 38.5. The zero-order valence-electron chi connectivity index (χ0n) is 16.9. The molecule has 4 rings (SSSR count). The summed E-state index contributed by atoms with van der Waals surface area (Å²) >= 11 is 0. The Labute approximate surface area is 167 Å². The largest absolute Gasteiger partial charge is 0.493 e. The van der Waals surface area contributed by atoms with Gasteiger partial charge in [0.05, 0.1) is 19.8 Å². The Morgan fingerprint density at radius 1 is 1.00 bits per heavy atom. The van der Waals surface area contributed by atoms with E-state index in [1.54, 1.807) is 26.3 Å². The lowest BCUT2D eigenvalue weighted by atomic mass is 9.76. The minimum Gasteiger partial charge on any atom is -0.493 e. The zero-order chi connectivity index (χ0) is 20.9. The van der Waals surface area contributed by atoms with Gasteiger partial charge in [0, 0.05) is 37.7 Å². The number of allylic oxidation sites excluding steroid dienone is 2. The number of carbonyl (C=O) groups is 1. The summed E-state index contributed by atoms with van der Waals surface area (Å²) in [5, 5.41) is 3.21. The lowest BCUT2D eigenvalue weighted by Gasteiger charge is -2.34. The van der Waals surface area contributed by atoms with Crippen molar-refractivity contribution in [3.63, 3.8) is 0 Å². The molecule has 2 heterocycles. The molecule has 8 heteroatoms. The summed E-state index contributed by atoms with van der Waals surface area (Å²) in [6, 6.07) is 5.38. The molecule has 1 aliphatic carbocycles. The Morgan fingerprint density at radius 3 is 2.41 bits per heavy atom. The molecule has 0 saturated heterocycles. The molecule has 2 aromatic rings. The highest BCUT2D eigenvalue weighted by molar-refractivity contribution is 6.00. The summed E-state index contributed by atoms with van der Waals surface area (Å²) in [6.45, 7) is 0. The fraction of sp³-hybridized carbons (Fsp3) is 0.381. The van der Waals surface area contributed by atoms with Gasteiger partial charge in [-0.2, -0.15) is 0 Å². The number of ether oxygens (including phenoxy) is 2. The smallest absolute Gasteiger partial charge is 0.332 e. The number of carbonyl (C=O) groups excluding carboxylic acids is 1. The van der Waals surface area contributed by atoms with Crippen molar-refractivity contribution in [2.75, 3.05) is 19.5 Å². The number of nitrogens with one attached hydrogen (secondary N) is 1. The summed E-state index contributed by atoms with van der Waals surface area (Å²) < 4.78 is 13.3. The molecule has 152 valence electrons. The summed E-state index contributed by atoms with van der Waals surface area (Å²) in [7, 11) is 6.16. The number of hydrogen-bond donors (Lipinski definition) is 1. The first-order chi connectivity index (χ1) is 13.9. The van der Waals surface area contributed by atoms with Gasteiger partial charge >= 0.3 is 5.69 Å². The molecule has 0 fully saturated rings. The number of aromatic nitrogens is 2. The normalized spacial score (nSPS) is 18.1. The van der Waals surface area contributed by atoms with Gasteiger partial charge in [0.1, 0.15) is 5.82 Å². The number of benzene rings is 1. The molecule has 1 aliphatic heterocycles. The van der Waals surface area contributed by atoms with Crippen LogP contribution in [0.15, 0.2) is 39.1 Å². The predicted octanol–water partition coefficient (Wildman–Crippen LogP) is 1.67. The SMILES string of the molecule is COc1ccc([C@@H]2C3=C(CCCC3=O)Nc3c2c(=O)n(C)c(=O)n3C)cc1OC. The third kappa shape index (κ3) is 2.78. The molecule has 0 spiro atoms. The number of Topliss-reactive ketones (excluding diaryl/α,β-unsaturated/α-hetero) is 1. The lowest BCUT2D eigenvalue weighted by molar-refractivity contribution is -0.116. The Morgan fingerprint density at radius 2 is 1.72 bits per heavy atom. The van der Waals surface area contributed by atoms with Gasteiger partial charge in [-0.25, -0.2) is 4.79 Å². The van der Waals surface area contributed by atoms with Crippen molar-refractivity contribution in [2.45, 2.75) is 25.2 Å². The van der Waals surface area contributed by atoms with Gasteiger partial charge in [-0.1, -0.05) is 6.07 Å². The van der Waals surface area contributed by atoms with E-state index in [1.165, 1.54) is 18.7 Å². The van der Waals surface area contributed by atoms with Crippen molar-refractivity contribution in [2.24, 2.45) is 14.1 Å². The fourth-order valence-corrected chi connectivity index (χ4v) is 4.26. The van der Waals surface area contributed by atoms with E-state index >= 15 is 0 Å². The van der Waals surface area contributed by atoms with Crippen LogP contribution in [0, 0.1) is 0 Å². The molecule has 1 aromatic heterocycles. The number of ketones is 1. The van der Waals surface area contributed by atoms with E-state index in [9.17, 15) is 14.4 Å². The number of methoxy groups -OCH3 is 2. The van der Waals surface area contributed by atoms with E-state index in [2.05, 4.69) is 5.32 Å². The molecule has 8 nitrogen and oxygen atoms in total. The summed E-state index contributed by atoms with van der Waals surface area (Å²) in [5.41, 5.74) is 1.65. The molecule has 0 amide bonds. The molecule has 0 saturated carbocycles. The highest BCUT2D eigenvalue weighted by Crippen LogP contribution is 2.44. The van der Waals surface area contributed by atoms with E-state index in [0.717, 1.165) is 22.2 Å². The first-order valence-corrected chi connectivity index (χ1v) is 9.44. The van der Waals surface area contributed by atoms with Crippen LogP contribution in [0.25, 0.3) is 0 Å². The maximum Gasteiger partial charge on any atom is 0.332 e. The lowest BCUT2D eigenvalue weighted by Crippen LogP contribution is -2.44. The number of nitrogens with zero attached hydrogens (tertiary/aromatic N) is 2. The van der Waals surface area contributed by atoms with Gasteiger partial charge < -0.3 is 14.8 Å². The molecule has 1 aromatic carbocycles. The van der Waals surface area contributed by atoms with Crippen LogP contribution in [0.1, 0.15) is 36.3 Å². The highest BCUT2D eigenvalue weighted by atomic mass is 16.5. The summed E-state index contributed by atoms with van der Waals surface area (Å²) in [6.07, 6.45) is 1.86. The first-order valence-electron chi connectivity index (χ1n) is 9.44. The van der Waals surface area contributed by atoms with Gasteiger partial charge in [-0.15, -0.1) is 0 Å². The van der Waals surface area contributed by atoms with E-state index in [-0.39, 0.29) is 5.78 Å². The van der Waals surface area contributed by atoms with E-state index in [0.29, 0.717) is 41.3 Å². The standard InChI is InChI=1S/C21H23N3O5/c1-23-19-18(20(26)24(2)21(23)27)16(17-12(22-19)6-5-7-13(17)25)11-8-9-14(28-3)15(10-11)29-4/h8-10,16,22H,5-7H2,1-4H3/t16-/m1/s1. The predicted molar refractivity (Wildman–Crippen MR) is 108 cm³/mol. The van der Waals surface area contributed by atoms with Gasteiger partial charge in [-0.3, -0.25) is 18.7 Å². The van der Waals surface area contributed by atoms with Crippen LogP contribution in [0.5, 0.6) is 11.5 Å². The van der Waals surface area contributed by atoms with Crippen molar-refractivity contribution in [1.82, 2.24) is 9.13 Å². The minimum absolute atomic E-state index is 0.0140. The van der Waals surface area contributed by atoms with Crippen LogP contribution in [0.4, 0.5) is 5.82 Å². The van der Waals surface area contributed by atoms with Crippen LogP contribution in [-0.4, -0.2) is 29.1 Å². The van der Waals surface area contributed by atoms with Crippen molar-refractivity contribution in [1.29, 1.82) is 0 Å². The van der Waals surface area contributed by atoms with E-state index in [4.69, 9.17) is 9.47 Å². The maximum absolute atomic E-state index is 13.1. The second kappa shape index (κ2) is 6.95. The average molecular weight is 397 g/mol. The van der Waals surface area contributed by atoms with Crippen LogP contribution in [0.3, 0.4) is 0 Å². The molecular weight excluding hydrogens is 374 g/mol. The van der Waals surface area contributed by atoms with Gasteiger partial charge in [0.15, 0.2) is 17.3 Å². The van der Waals surface area contributed by atoms with Crippen molar-refractivity contribution >= 4 is 11.6 Å². The highest BCUT2D eigenvalue weighted by Gasteiger charge is 2.38. The fourth-order valence-electron chi connectivity index (χ4n) is 4.26. The average Bonchev–Trinajstić information content (AvgIpc) is 2.74. The van der Waals surface area contributed by atoms with Crippen LogP contribution in [0.2, 0.25) is 0 Å². The van der Waals surface area contributed by atoms with Crippen LogP contribution < -0.4 is 26.0 Å². The molecule has 0 bridgehead atoms. The van der Waals surface area contributed by atoms with E-state index in [1.807, 2.05) is 6.07 Å². The first kappa shape index (κ1) is 19.0. The van der Waals surface area contributed by atoms with Crippen molar-refractivity contribution in [3.05, 3.63) is 61.4 Å². The summed E-state index contributed by atoms with van der Waals surface area (Å²) in [5.74, 6) is 0.936. The molecule has 0 radical (unpaired) electrons. The van der Waals surface area contributed by atoms with Gasteiger partial charge in [-0.05, 0) is 30.5 Å². The Bertz CT molecular complexity index is 1170. The van der Waals surface area contributed by atoms with E-state index < -0.39 is 17.2 Å².